The minimum absolute atomic E-state index is 0.0643. The largest absolute Gasteiger partial charge is 0.496 e. The van der Waals surface area contributed by atoms with E-state index in [0.29, 0.717) is 6.54 Å². The fraction of sp³-hybridized carbons (Fsp3) is 0.318. The molecule has 1 amide bonds. The van der Waals surface area contributed by atoms with Crippen LogP contribution < -0.4 is 9.47 Å². The lowest BCUT2D eigenvalue weighted by Gasteiger charge is -2.28. The lowest BCUT2D eigenvalue weighted by atomic mass is 9.98. The number of rotatable bonds is 6. The van der Waals surface area contributed by atoms with Crippen molar-refractivity contribution in [1.82, 2.24) is 19.9 Å². The van der Waals surface area contributed by atoms with E-state index < -0.39 is 0 Å². The first-order valence-electron chi connectivity index (χ1n) is 9.59. The standard InChI is InChI=1S/C22H24N4O3/c1-15-12-18(21-19(28-2)8-5-9-20(21)29-3)25(22(15)27)14-16-6-4-7-17(13-16)26-23-10-11-24-26/h4-11,13,15,18H,12,14H2,1-3H3. The van der Waals surface area contributed by atoms with Gasteiger partial charge in [-0.15, -0.1) is 0 Å². The number of amides is 1. The molecule has 7 nitrogen and oxygen atoms in total. The fourth-order valence-electron chi connectivity index (χ4n) is 3.99. The minimum Gasteiger partial charge on any atom is -0.496 e. The lowest BCUT2D eigenvalue weighted by Crippen LogP contribution is -2.29. The zero-order valence-corrected chi connectivity index (χ0v) is 16.8. The molecule has 0 aliphatic carbocycles. The van der Waals surface area contributed by atoms with Crippen molar-refractivity contribution < 1.29 is 14.3 Å². The van der Waals surface area contributed by atoms with Crippen molar-refractivity contribution >= 4 is 5.91 Å². The van der Waals surface area contributed by atoms with Crippen LogP contribution in [0.2, 0.25) is 0 Å². The molecule has 0 N–H and O–H groups in total. The summed E-state index contributed by atoms with van der Waals surface area (Å²) < 4.78 is 11.2. The van der Waals surface area contributed by atoms with Gasteiger partial charge in [-0.2, -0.15) is 15.0 Å². The van der Waals surface area contributed by atoms with Gasteiger partial charge in [-0.1, -0.05) is 25.1 Å². The molecule has 0 spiro atoms. The third kappa shape index (κ3) is 3.55. The van der Waals surface area contributed by atoms with E-state index in [4.69, 9.17) is 9.47 Å². The highest BCUT2D eigenvalue weighted by Gasteiger charge is 2.40. The lowest BCUT2D eigenvalue weighted by molar-refractivity contribution is -0.132. The molecular formula is C22H24N4O3. The van der Waals surface area contributed by atoms with Crippen LogP contribution in [-0.2, 0) is 11.3 Å². The Bertz CT molecular complexity index is 981. The van der Waals surface area contributed by atoms with Gasteiger partial charge in [0.15, 0.2) is 0 Å². The summed E-state index contributed by atoms with van der Waals surface area (Å²) in [4.78, 5) is 16.5. The molecule has 2 heterocycles. The molecule has 1 saturated heterocycles. The SMILES string of the molecule is COc1cccc(OC)c1C1CC(C)C(=O)N1Cc1cccc(-n2nccn2)c1. The molecular weight excluding hydrogens is 368 g/mol. The smallest absolute Gasteiger partial charge is 0.226 e. The molecule has 7 heteroatoms. The van der Waals surface area contributed by atoms with Crippen molar-refractivity contribution in [2.45, 2.75) is 25.9 Å². The van der Waals surface area contributed by atoms with Crippen molar-refractivity contribution in [3.8, 4) is 17.2 Å². The average molecular weight is 392 g/mol. The molecule has 0 saturated carbocycles. The summed E-state index contributed by atoms with van der Waals surface area (Å²) in [6.07, 6.45) is 4.00. The number of carbonyl (C=O) groups excluding carboxylic acids is 1. The third-order valence-corrected chi connectivity index (χ3v) is 5.37. The molecule has 2 aromatic carbocycles. The molecule has 1 fully saturated rings. The Hall–Kier alpha value is -3.35. The van der Waals surface area contributed by atoms with Gasteiger partial charge in [0.05, 0.1) is 43.9 Å². The van der Waals surface area contributed by atoms with Crippen LogP contribution in [0, 0.1) is 5.92 Å². The maximum Gasteiger partial charge on any atom is 0.226 e. The summed E-state index contributed by atoms with van der Waals surface area (Å²) in [5.41, 5.74) is 2.79. The Labute approximate surface area is 169 Å². The zero-order valence-electron chi connectivity index (χ0n) is 16.8. The normalized spacial score (nSPS) is 18.9. The predicted molar refractivity (Wildman–Crippen MR) is 108 cm³/mol. The van der Waals surface area contributed by atoms with Gasteiger partial charge in [-0.3, -0.25) is 4.79 Å². The van der Waals surface area contributed by atoms with E-state index in [1.807, 2.05) is 54.3 Å². The van der Waals surface area contributed by atoms with Crippen molar-refractivity contribution in [3.63, 3.8) is 0 Å². The van der Waals surface area contributed by atoms with E-state index in [1.54, 1.807) is 31.4 Å². The third-order valence-electron chi connectivity index (χ3n) is 5.37. The van der Waals surface area contributed by atoms with Crippen LogP contribution in [-0.4, -0.2) is 40.0 Å². The number of benzene rings is 2. The van der Waals surface area contributed by atoms with Crippen molar-refractivity contribution in [3.05, 3.63) is 66.0 Å². The molecule has 150 valence electrons. The van der Waals surface area contributed by atoms with Crippen LogP contribution in [0.15, 0.2) is 54.9 Å². The van der Waals surface area contributed by atoms with Gasteiger partial charge in [0, 0.05) is 12.5 Å². The highest BCUT2D eigenvalue weighted by atomic mass is 16.5. The van der Waals surface area contributed by atoms with Gasteiger partial charge in [-0.25, -0.2) is 0 Å². The van der Waals surface area contributed by atoms with Gasteiger partial charge < -0.3 is 14.4 Å². The predicted octanol–water partition coefficient (Wildman–Crippen LogP) is 3.39. The van der Waals surface area contributed by atoms with Gasteiger partial charge in [0.25, 0.3) is 0 Å². The van der Waals surface area contributed by atoms with E-state index in [1.165, 1.54) is 0 Å². The summed E-state index contributed by atoms with van der Waals surface area (Å²) in [5.74, 6) is 1.53. The number of hydrogen-bond donors (Lipinski definition) is 0. The monoisotopic (exact) mass is 392 g/mol. The van der Waals surface area contributed by atoms with Crippen LogP contribution in [0.5, 0.6) is 11.5 Å². The second-order valence-electron chi connectivity index (χ2n) is 7.18. The maximum absolute atomic E-state index is 13.0. The second-order valence-corrected chi connectivity index (χ2v) is 7.18. The van der Waals surface area contributed by atoms with Crippen LogP contribution in [0.1, 0.15) is 30.5 Å². The molecule has 0 bridgehead atoms. The summed E-state index contributed by atoms with van der Waals surface area (Å²) in [6, 6.07) is 13.5. The molecule has 1 aliphatic rings. The highest BCUT2D eigenvalue weighted by molar-refractivity contribution is 5.82. The molecule has 4 rings (SSSR count). The number of likely N-dealkylation sites (tertiary alicyclic amines) is 1. The van der Waals surface area contributed by atoms with E-state index >= 15 is 0 Å². The topological polar surface area (TPSA) is 69.5 Å². The second kappa shape index (κ2) is 7.95. The first-order chi connectivity index (χ1) is 14.1. The molecule has 0 radical (unpaired) electrons. The Morgan fingerprint density at radius 2 is 1.69 bits per heavy atom. The van der Waals surface area contributed by atoms with Gasteiger partial charge >= 0.3 is 0 Å². The van der Waals surface area contributed by atoms with E-state index in [2.05, 4.69) is 10.2 Å². The van der Waals surface area contributed by atoms with Crippen LogP contribution in [0.4, 0.5) is 0 Å². The number of methoxy groups -OCH3 is 2. The van der Waals surface area contributed by atoms with E-state index in [9.17, 15) is 4.79 Å². The Kier molecular flexibility index (Phi) is 5.20. The van der Waals surface area contributed by atoms with E-state index in [-0.39, 0.29) is 17.9 Å². The molecule has 3 aromatic rings. The first-order valence-corrected chi connectivity index (χ1v) is 9.59. The van der Waals surface area contributed by atoms with Crippen LogP contribution in [0.3, 0.4) is 0 Å². The number of hydrogen-bond acceptors (Lipinski definition) is 5. The number of carbonyl (C=O) groups is 1. The number of aromatic nitrogens is 3. The Morgan fingerprint density at radius 3 is 2.34 bits per heavy atom. The molecule has 2 unspecified atom stereocenters. The van der Waals surface area contributed by atoms with Gasteiger partial charge in [-0.05, 0) is 36.2 Å². The summed E-state index contributed by atoms with van der Waals surface area (Å²) >= 11 is 0. The van der Waals surface area contributed by atoms with Gasteiger partial charge in [0.1, 0.15) is 11.5 Å². The van der Waals surface area contributed by atoms with Crippen molar-refractivity contribution in [2.24, 2.45) is 5.92 Å². The summed E-state index contributed by atoms with van der Waals surface area (Å²) in [7, 11) is 3.28. The molecule has 29 heavy (non-hydrogen) atoms. The van der Waals surface area contributed by atoms with Crippen molar-refractivity contribution in [1.29, 1.82) is 0 Å². The highest BCUT2D eigenvalue weighted by Crippen LogP contribution is 2.45. The van der Waals surface area contributed by atoms with E-state index in [0.717, 1.165) is 34.7 Å². The fourth-order valence-corrected chi connectivity index (χ4v) is 3.99. The Morgan fingerprint density at radius 1 is 1.03 bits per heavy atom. The van der Waals surface area contributed by atoms with Crippen LogP contribution >= 0.6 is 0 Å². The van der Waals surface area contributed by atoms with Crippen LogP contribution in [0.25, 0.3) is 5.69 Å². The van der Waals surface area contributed by atoms with Crippen molar-refractivity contribution in [2.75, 3.05) is 14.2 Å². The quantitative estimate of drug-likeness (QED) is 0.643. The minimum atomic E-state index is -0.116. The number of ether oxygens (including phenoxy) is 2. The summed E-state index contributed by atoms with van der Waals surface area (Å²) in [5, 5.41) is 8.37. The molecule has 2 atom stereocenters. The zero-order chi connectivity index (χ0) is 20.4. The Balaban J connectivity index is 1.69. The molecule has 1 aromatic heterocycles. The average Bonchev–Trinajstić information content (AvgIpc) is 3.38. The summed E-state index contributed by atoms with van der Waals surface area (Å²) in [6.45, 7) is 2.46. The maximum atomic E-state index is 13.0. The molecule has 1 aliphatic heterocycles. The van der Waals surface area contributed by atoms with Gasteiger partial charge in [0.2, 0.25) is 5.91 Å². The number of nitrogens with zero attached hydrogens (tertiary/aromatic N) is 4. The first kappa shape index (κ1) is 19.0.